The van der Waals surface area contributed by atoms with Crippen molar-refractivity contribution in [1.82, 2.24) is 10.5 Å². The lowest BCUT2D eigenvalue weighted by Gasteiger charge is -2.05. The lowest BCUT2D eigenvalue weighted by atomic mass is 10.1. The van der Waals surface area contributed by atoms with Crippen LogP contribution in [-0.4, -0.2) is 17.2 Å². The first-order valence-electron chi connectivity index (χ1n) is 8.49. The second kappa shape index (κ2) is 6.83. The average Bonchev–Trinajstić information content (AvgIpc) is 3.24. The van der Waals surface area contributed by atoms with E-state index >= 15 is 0 Å². The molecule has 1 atom stereocenters. The van der Waals surface area contributed by atoms with Gasteiger partial charge in [0.1, 0.15) is 34.7 Å². The summed E-state index contributed by atoms with van der Waals surface area (Å²) in [6.45, 7) is 1.99. The summed E-state index contributed by atoms with van der Waals surface area (Å²) in [6.07, 6.45) is 0.976. The molecular weight excluding hydrogens is 354 g/mol. The molecule has 0 spiro atoms. The summed E-state index contributed by atoms with van der Waals surface area (Å²) in [7, 11) is 0. The van der Waals surface area contributed by atoms with E-state index in [0.29, 0.717) is 11.5 Å². The lowest BCUT2D eigenvalue weighted by molar-refractivity contribution is 0.0941. The third-order valence-electron chi connectivity index (χ3n) is 4.36. The standard InChI is InChI=1S/C20H16F2N2O3/c1-11-7-13-8-12(5-6-17(13)26-11)18-9-14(24-27-18)10-23-20(25)19-15(21)3-2-4-16(19)22/h2-6,8-9,11H,7,10H2,1H3,(H,23,25). The van der Waals surface area contributed by atoms with Gasteiger partial charge >= 0.3 is 0 Å². The Balaban J connectivity index is 1.46. The summed E-state index contributed by atoms with van der Waals surface area (Å²) in [5.74, 6) is -1.27. The zero-order valence-electron chi connectivity index (χ0n) is 14.5. The number of hydrogen-bond donors (Lipinski definition) is 1. The highest BCUT2D eigenvalue weighted by Gasteiger charge is 2.21. The van der Waals surface area contributed by atoms with E-state index in [4.69, 9.17) is 9.26 Å². The summed E-state index contributed by atoms with van der Waals surface area (Å²) in [6, 6.07) is 10.7. The van der Waals surface area contributed by atoms with E-state index in [2.05, 4.69) is 10.5 Å². The molecule has 7 heteroatoms. The Labute approximate surface area is 153 Å². The number of nitrogens with one attached hydrogen (secondary N) is 1. The van der Waals surface area contributed by atoms with Gasteiger partial charge in [-0.15, -0.1) is 0 Å². The van der Waals surface area contributed by atoms with Crippen LogP contribution >= 0.6 is 0 Å². The van der Waals surface area contributed by atoms with Gasteiger partial charge in [-0.2, -0.15) is 0 Å². The highest BCUT2D eigenvalue weighted by atomic mass is 19.1. The second-order valence-corrected chi connectivity index (χ2v) is 6.42. The molecule has 27 heavy (non-hydrogen) atoms. The molecule has 1 N–H and O–H groups in total. The first kappa shape index (κ1) is 17.2. The topological polar surface area (TPSA) is 64.4 Å². The van der Waals surface area contributed by atoms with Crippen LogP contribution in [-0.2, 0) is 13.0 Å². The number of fused-ring (bicyclic) bond motifs is 1. The van der Waals surface area contributed by atoms with Gasteiger partial charge in [-0.25, -0.2) is 8.78 Å². The van der Waals surface area contributed by atoms with Crippen molar-refractivity contribution < 1.29 is 22.8 Å². The zero-order chi connectivity index (χ0) is 19.0. The summed E-state index contributed by atoms with van der Waals surface area (Å²) in [5, 5.41) is 6.35. The largest absolute Gasteiger partial charge is 0.490 e. The predicted octanol–water partition coefficient (Wildman–Crippen LogP) is 3.87. The zero-order valence-corrected chi connectivity index (χ0v) is 14.5. The Morgan fingerprint density at radius 1 is 1.22 bits per heavy atom. The van der Waals surface area contributed by atoms with Crippen LogP contribution in [0.1, 0.15) is 28.5 Å². The number of halogens is 2. The van der Waals surface area contributed by atoms with Crippen molar-refractivity contribution in [2.24, 2.45) is 0 Å². The summed E-state index contributed by atoms with van der Waals surface area (Å²) in [5.41, 5.74) is 1.77. The molecule has 0 fully saturated rings. The van der Waals surface area contributed by atoms with Crippen LogP contribution in [0, 0.1) is 11.6 Å². The minimum Gasteiger partial charge on any atom is -0.490 e. The third kappa shape index (κ3) is 3.40. The fourth-order valence-electron chi connectivity index (χ4n) is 3.08. The van der Waals surface area contributed by atoms with E-state index in [9.17, 15) is 13.6 Å². The summed E-state index contributed by atoms with van der Waals surface area (Å²) in [4.78, 5) is 12.0. The van der Waals surface area contributed by atoms with Gasteiger partial charge in [0.2, 0.25) is 0 Å². The van der Waals surface area contributed by atoms with Crippen molar-refractivity contribution in [2.45, 2.75) is 26.0 Å². The number of benzene rings is 2. The van der Waals surface area contributed by atoms with Gasteiger partial charge in [-0.3, -0.25) is 4.79 Å². The molecule has 0 saturated heterocycles. The van der Waals surface area contributed by atoms with Crippen LogP contribution in [0.15, 0.2) is 47.0 Å². The Kier molecular flexibility index (Phi) is 4.35. The minimum atomic E-state index is -0.914. The summed E-state index contributed by atoms with van der Waals surface area (Å²) < 4.78 is 38.3. The molecule has 1 amide bonds. The monoisotopic (exact) mass is 370 g/mol. The van der Waals surface area contributed by atoms with Crippen molar-refractivity contribution in [3.63, 3.8) is 0 Å². The molecule has 0 radical (unpaired) electrons. The Bertz CT molecular complexity index is 996. The molecule has 0 saturated carbocycles. The Morgan fingerprint density at radius 2 is 2.00 bits per heavy atom. The normalized spacial score (nSPS) is 15.3. The molecule has 3 aromatic rings. The van der Waals surface area contributed by atoms with Crippen LogP contribution in [0.3, 0.4) is 0 Å². The molecule has 2 aromatic carbocycles. The molecule has 4 rings (SSSR count). The van der Waals surface area contributed by atoms with Gasteiger partial charge < -0.3 is 14.6 Å². The molecule has 1 aromatic heterocycles. The number of nitrogens with zero attached hydrogens (tertiary/aromatic N) is 1. The van der Waals surface area contributed by atoms with Crippen molar-refractivity contribution in [2.75, 3.05) is 0 Å². The number of carbonyl (C=O) groups excluding carboxylic acids is 1. The minimum absolute atomic E-state index is 0.0127. The van der Waals surface area contributed by atoms with E-state index < -0.39 is 23.1 Å². The SMILES string of the molecule is CC1Cc2cc(-c3cc(CNC(=O)c4c(F)cccc4F)no3)ccc2O1. The maximum atomic E-state index is 13.6. The fraction of sp³-hybridized carbons (Fsp3) is 0.200. The number of rotatable bonds is 4. The van der Waals surface area contributed by atoms with Crippen molar-refractivity contribution in [3.8, 4) is 17.1 Å². The van der Waals surface area contributed by atoms with Gasteiger partial charge in [0, 0.05) is 18.1 Å². The molecule has 2 heterocycles. The second-order valence-electron chi connectivity index (χ2n) is 6.42. The van der Waals surface area contributed by atoms with Crippen molar-refractivity contribution >= 4 is 5.91 Å². The quantitative estimate of drug-likeness (QED) is 0.757. The Morgan fingerprint density at radius 3 is 2.78 bits per heavy atom. The number of amides is 1. The van der Waals surface area contributed by atoms with Gasteiger partial charge in [-0.05, 0) is 42.8 Å². The summed E-state index contributed by atoms with van der Waals surface area (Å²) >= 11 is 0. The fourth-order valence-corrected chi connectivity index (χ4v) is 3.08. The maximum absolute atomic E-state index is 13.6. The maximum Gasteiger partial charge on any atom is 0.257 e. The van der Waals surface area contributed by atoms with E-state index in [-0.39, 0.29) is 12.6 Å². The lowest BCUT2D eigenvalue weighted by Crippen LogP contribution is -2.25. The van der Waals surface area contributed by atoms with Gasteiger partial charge in [0.05, 0.1) is 6.54 Å². The highest BCUT2D eigenvalue weighted by molar-refractivity contribution is 5.94. The molecular formula is C20H16F2N2O3. The molecule has 1 unspecified atom stereocenters. The molecule has 1 aliphatic heterocycles. The molecule has 0 bridgehead atoms. The van der Waals surface area contributed by atoms with Crippen LogP contribution < -0.4 is 10.1 Å². The molecule has 0 aliphatic carbocycles. The van der Waals surface area contributed by atoms with Gasteiger partial charge in [0.15, 0.2) is 5.76 Å². The number of ether oxygens (including phenoxy) is 1. The number of aromatic nitrogens is 1. The van der Waals surface area contributed by atoms with E-state index in [1.165, 1.54) is 6.07 Å². The first-order valence-corrected chi connectivity index (χ1v) is 8.49. The predicted molar refractivity (Wildman–Crippen MR) is 93.3 cm³/mol. The van der Waals surface area contributed by atoms with Gasteiger partial charge in [-0.1, -0.05) is 11.2 Å². The van der Waals surface area contributed by atoms with Gasteiger partial charge in [0.25, 0.3) is 5.91 Å². The molecule has 1 aliphatic rings. The Hall–Kier alpha value is -3.22. The van der Waals surface area contributed by atoms with Crippen LogP contribution in [0.5, 0.6) is 5.75 Å². The van der Waals surface area contributed by atoms with Crippen LogP contribution in [0.4, 0.5) is 8.78 Å². The van der Waals surface area contributed by atoms with E-state index in [1.54, 1.807) is 6.07 Å². The van der Waals surface area contributed by atoms with Crippen molar-refractivity contribution in [1.29, 1.82) is 0 Å². The first-order chi connectivity index (χ1) is 13.0. The highest BCUT2D eigenvalue weighted by Crippen LogP contribution is 2.33. The molecule has 5 nitrogen and oxygen atoms in total. The smallest absolute Gasteiger partial charge is 0.257 e. The van der Waals surface area contributed by atoms with E-state index in [1.807, 2.05) is 25.1 Å². The van der Waals surface area contributed by atoms with E-state index in [0.717, 1.165) is 35.4 Å². The number of hydrogen-bond acceptors (Lipinski definition) is 4. The van der Waals surface area contributed by atoms with Crippen LogP contribution in [0.2, 0.25) is 0 Å². The average molecular weight is 370 g/mol. The molecule has 138 valence electrons. The van der Waals surface area contributed by atoms with Crippen LogP contribution in [0.25, 0.3) is 11.3 Å². The number of carbonyl (C=O) groups is 1. The van der Waals surface area contributed by atoms with Crippen molar-refractivity contribution in [3.05, 3.63) is 70.9 Å². The third-order valence-corrected chi connectivity index (χ3v) is 4.36.